The van der Waals surface area contributed by atoms with Gasteiger partial charge in [0.25, 0.3) is 0 Å². The van der Waals surface area contributed by atoms with Crippen LogP contribution in [0.25, 0.3) is 0 Å². The number of aryl methyl sites for hydroxylation is 1. The van der Waals surface area contributed by atoms with E-state index < -0.39 is 0 Å². The molecule has 96 valence electrons. The molecular formula is C11H20N4O2. The van der Waals surface area contributed by atoms with Crippen LogP contribution < -0.4 is 11.1 Å². The average molecular weight is 240 g/mol. The van der Waals surface area contributed by atoms with Gasteiger partial charge in [-0.1, -0.05) is 19.0 Å². The van der Waals surface area contributed by atoms with Gasteiger partial charge in [0.2, 0.25) is 11.8 Å². The van der Waals surface area contributed by atoms with Crippen molar-refractivity contribution in [2.45, 2.75) is 39.7 Å². The average Bonchev–Trinajstić information content (AvgIpc) is 2.64. The number of carbonyl (C=O) groups excluding carboxylic acids is 1. The fourth-order valence-electron chi connectivity index (χ4n) is 1.28. The second kappa shape index (κ2) is 6.34. The zero-order valence-corrected chi connectivity index (χ0v) is 10.6. The fraction of sp³-hybridized carbons (Fsp3) is 0.727. The number of nitrogens with two attached hydrogens (primary N) is 1. The van der Waals surface area contributed by atoms with Crippen LogP contribution in [0.4, 0.5) is 0 Å². The molecule has 1 aromatic heterocycles. The molecule has 0 saturated heterocycles. The van der Waals surface area contributed by atoms with E-state index in [9.17, 15) is 4.79 Å². The molecule has 0 spiro atoms. The Morgan fingerprint density at radius 1 is 1.53 bits per heavy atom. The monoisotopic (exact) mass is 240 g/mol. The van der Waals surface area contributed by atoms with Crippen molar-refractivity contribution in [1.29, 1.82) is 0 Å². The highest BCUT2D eigenvalue weighted by Crippen LogP contribution is 2.02. The minimum absolute atomic E-state index is 0.0357. The summed E-state index contributed by atoms with van der Waals surface area (Å²) in [5, 5.41) is 6.53. The molecule has 1 atom stereocenters. The van der Waals surface area contributed by atoms with Crippen molar-refractivity contribution in [1.82, 2.24) is 15.5 Å². The number of carbonyl (C=O) groups is 1. The molecule has 0 aliphatic rings. The molecule has 1 amide bonds. The Hall–Kier alpha value is -1.43. The largest absolute Gasteiger partial charge is 0.356 e. The highest BCUT2D eigenvalue weighted by Gasteiger charge is 2.12. The first-order chi connectivity index (χ1) is 7.99. The predicted molar refractivity (Wildman–Crippen MR) is 63.2 cm³/mol. The zero-order valence-electron chi connectivity index (χ0n) is 10.6. The number of rotatable bonds is 6. The van der Waals surface area contributed by atoms with Crippen molar-refractivity contribution in [3.8, 4) is 0 Å². The molecular weight excluding hydrogens is 220 g/mol. The van der Waals surface area contributed by atoms with E-state index in [0.29, 0.717) is 37.0 Å². The lowest BCUT2D eigenvalue weighted by atomic mass is 10.0. The van der Waals surface area contributed by atoms with Crippen LogP contribution in [0, 0.1) is 12.8 Å². The van der Waals surface area contributed by atoms with Gasteiger partial charge in [-0.3, -0.25) is 4.79 Å². The number of nitrogens with one attached hydrogen (secondary N) is 1. The number of aromatic nitrogens is 2. The molecule has 0 aliphatic heterocycles. The van der Waals surface area contributed by atoms with Crippen molar-refractivity contribution in [2.75, 3.05) is 6.54 Å². The van der Waals surface area contributed by atoms with Gasteiger partial charge in [0.05, 0.1) is 0 Å². The number of hydrogen-bond acceptors (Lipinski definition) is 5. The summed E-state index contributed by atoms with van der Waals surface area (Å²) in [7, 11) is 0. The van der Waals surface area contributed by atoms with Crippen LogP contribution in [-0.4, -0.2) is 28.6 Å². The lowest BCUT2D eigenvalue weighted by Crippen LogP contribution is -2.35. The molecule has 17 heavy (non-hydrogen) atoms. The van der Waals surface area contributed by atoms with E-state index in [2.05, 4.69) is 15.5 Å². The van der Waals surface area contributed by atoms with Gasteiger partial charge < -0.3 is 15.6 Å². The summed E-state index contributed by atoms with van der Waals surface area (Å²) < 4.78 is 4.82. The van der Waals surface area contributed by atoms with E-state index in [1.807, 2.05) is 13.8 Å². The summed E-state index contributed by atoms with van der Waals surface area (Å²) >= 11 is 0. The molecule has 3 N–H and O–H groups in total. The third-order valence-electron chi connectivity index (χ3n) is 2.52. The minimum atomic E-state index is -0.0950. The molecule has 1 aromatic rings. The molecule has 1 unspecified atom stereocenters. The Morgan fingerprint density at radius 2 is 2.24 bits per heavy atom. The molecule has 0 aliphatic carbocycles. The molecule has 0 radical (unpaired) electrons. The van der Waals surface area contributed by atoms with Gasteiger partial charge in [0.15, 0.2) is 5.82 Å². The Morgan fingerprint density at radius 3 is 2.76 bits per heavy atom. The summed E-state index contributed by atoms with van der Waals surface area (Å²) in [6.07, 6.45) is 0.920. The van der Waals surface area contributed by atoms with Crippen molar-refractivity contribution >= 4 is 5.91 Å². The van der Waals surface area contributed by atoms with Crippen LogP contribution in [0.15, 0.2) is 4.52 Å². The first kappa shape index (κ1) is 13.6. The standard InChI is InChI=1S/C11H20N4O2/c1-7(2)9(12)6-11(16)13-5-4-10-14-8(3)17-15-10/h7,9H,4-6,12H2,1-3H3,(H,13,16). The normalized spacial score (nSPS) is 12.8. The lowest BCUT2D eigenvalue weighted by molar-refractivity contribution is -0.121. The summed E-state index contributed by atoms with van der Waals surface area (Å²) in [6.45, 7) is 6.24. The second-order valence-corrected chi connectivity index (χ2v) is 4.44. The fourth-order valence-corrected chi connectivity index (χ4v) is 1.28. The number of hydrogen-bond donors (Lipinski definition) is 2. The van der Waals surface area contributed by atoms with Crippen LogP contribution in [0.5, 0.6) is 0 Å². The molecule has 6 heteroatoms. The van der Waals surface area contributed by atoms with E-state index in [1.54, 1.807) is 6.92 Å². The highest BCUT2D eigenvalue weighted by molar-refractivity contribution is 5.76. The Balaban J connectivity index is 2.20. The molecule has 6 nitrogen and oxygen atoms in total. The van der Waals surface area contributed by atoms with Crippen LogP contribution in [0.1, 0.15) is 32.0 Å². The van der Waals surface area contributed by atoms with Gasteiger partial charge in [-0.05, 0) is 5.92 Å². The van der Waals surface area contributed by atoms with Gasteiger partial charge >= 0.3 is 0 Å². The highest BCUT2D eigenvalue weighted by atomic mass is 16.5. The van der Waals surface area contributed by atoms with Gasteiger partial charge in [0, 0.05) is 32.4 Å². The van der Waals surface area contributed by atoms with Crippen LogP contribution >= 0.6 is 0 Å². The van der Waals surface area contributed by atoms with Gasteiger partial charge in [0.1, 0.15) is 0 Å². The second-order valence-electron chi connectivity index (χ2n) is 4.44. The third kappa shape index (κ3) is 4.95. The minimum Gasteiger partial charge on any atom is -0.356 e. The summed E-state index contributed by atoms with van der Waals surface area (Å²) in [5.41, 5.74) is 5.80. The molecule has 0 saturated carbocycles. The smallest absolute Gasteiger partial charge is 0.223 e. The Labute approximate surface area is 101 Å². The Bertz CT molecular complexity index is 362. The predicted octanol–water partition coefficient (Wildman–Crippen LogP) is 0.410. The maximum atomic E-state index is 11.5. The number of nitrogens with zero attached hydrogens (tertiary/aromatic N) is 2. The summed E-state index contributed by atoms with van der Waals surface area (Å²) in [5.74, 6) is 1.41. The topological polar surface area (TPSA) is 94.0 Å². The van der Waals surface area contributed by atoms with Crippen LogP contribution in [0.3, 0.4) is 0 Å². The van der Waals surface area contributed by atoms with Gasteiger partial charge in [-0.15, -0.1) is 0 Å². The maximum Gasteiger partial charge on any atom is 0.223 e. The summed E-state index contributed by atoms with van der Waals surface area (Å²) in [6, 6.07) is -0.0950. The van der Waals surface area contributed by atoms with Crippen molar-refractivity contribution in [3.05, 3.63) is 11.7 Å². The first-order valence-electron chi connectivity index (χ1n) is 5.80. The van der Waals surface area contributed by atoms with E-state index in [0.717, 1.165) is 0 Å². The van der Waals surface area contributed by atoms with E-state index in [4.69, 9.17) is 10.3 Å². The van der Waals surface area contributed by atoms with Gasteiger partial charge in [-0.25, -0.2) is 0 Å². The SMILES string of the molecule is Cc1nc(CCNC(=O)CC(N)C(C)C)no1. The quantitative estimate of drug-likeness (QED) is 0.751. The number of amides is 1. The van der Waals surface area contributed by atoms with Crippen LogP contribution in [0.2, 0.25) is 0 Å². The van der Waals surface area contributed by atoms with Crippen molar-refractivity contribution < 1.29 is 9.32 Å². The van der Waals surface area contributed by atoms with Crippen molar-refractivity contribution in [2.24, 2.45) is 11.7 Å². The van der Waals surface area contributed by atoms with Gasteiger partial charge in [-0.2, -0.15) is 4.98 Å². The zero-order chi connectivity index (χ0) is 12.8. The molecule has 0 fully saturated rings. The molecule has 0 aromatic carbocycles. The molecule has 1 heterocycles. The Kier molecular flexibility index (Phi) is 5.09. The van der Waals surface area contributed by atoms with Crippen molar-refractivity contribution in [3.63, 3.8) is 0 Å². The first-order valence-corrected chi connectivity index (χ1v) is 5.80. The maximum absolute atomic E-state index is 11.5. The summed E-state index contributed by atoms with van der Waals surface area (Å²) in [4.78, 5) is 15.5. The third-order valence-corrected chi connectivity index (χ3v) is 2.52. The van der Waals surface area contributed by atoms with Crippen LogP contribution in [-0.2, 0) is 11.2 Å². The van der Waals surface area contributed by atoms with E-state index in [1.165, 1.54) is 0 Å². The lowest BCUT2D eigenvalue weighted by Gasteiger charge is -2.14. The van der Waals surface area contributed by atoms with E-state index >= 15 is 0 Å². The molecule has 1 rings (SSSR count). The molecule has 0 bridgehead atoms. The van der Waals surface area contributed by atoms with E-state index in [-0.39, 0.29) is 11.9 Å².